The molecule has 0 saturated carbocycles. The predicted octanol–water partition coefficient (Wildman–Crippen LogP) is -1.29. The summed E-state index contributed by atoms with van der Waals surface area (Å²) in [7, 11) is 1.40. The average Bonchev–Trinajstić information content (AvgIpc) is 2.58. The molecule has 3 rings (SSSR count). The molecule has 1 aromatic rings. The summed E-state index contributed by atoms with van der Waals surface area (Å²) >= 11 is 2.50. The SMILES string of the molecule is Cn1c(SCC2=C(OC(=O)O)N3C(=O)C(N)[C@@H]3SC2)n[nH]c(=O)c1=O. The summed E-state index contributed by atoms with van der Waals surface area (Å²) in [5, 5.41) is 14.7. The number of H-pyrrole nitrogens is 1. The van der Waals surface area contributed by atoms with Crippen molar-refractivity contribution >= 4 is 35.6 Å². The lowest BCUT2D eigenvalue weighted by atomic mass is 10.1. The van der Waals surface area contributed by atoms with E-state index in [1.54, 1.807) is 0 Å². The van der Waals surface area contributed by atoms with Crippen LogP contribution >= 0.6 is 23.5 Å². The van der Waals surface area contributed by atoms with Gasteiger partial charge in [0.05, 0.1) is 0 Å². The summed E-state index contributed by atoms with van der Waals surface area (Å²) < 4.78 is 5.88. The molecule has 13 heteroatoms. The van der Waals surface area contributed by atoms with Crippen molar-refractivity contribution < 1.29 is 19.4 Å². The minimum atomic E-state index is -1.54. The van der Waals surface area contributed by atoms with Crippen LogP contribution < -0.4 is 16.9 Å². The van der Waals surface area contributed by atoms with Crippen LogP contribution in [0.4, 0.5) is 4.79 Å². The lowest BCUT2D eigenvalue weighted by Crippen LogP contribution is -2.68. The average molecular weight is 387 g/mol. The largest absolute Gasteiger partial charge is 0.512 e. The van der Waals surface area contributed by atoms with Gasteiger partial charge in [-0.25, -0.2) is 9.89 Å². The van der Waals surface area contributed by atoms with Crippen LogP contribution in [-0.2, 0) is 16.6 Å². The second-order valence-electron chi connectivity index (χ2n) is 5.20. The topological polar surface area (TPSA) is 161 Å². The lowest BCUT2D eigenvalue weighted by molar-refractivity contribution is -0.144. The van der Waals surface area contributed by atoms with E-state index in [0.29, 0.717) is 11.3 Å². The van der Waals surface area contributed by atoms with Crippen molar-refractivity contribution in [2.24, 2.45) is 12.8 Å². The van der Waals surface area contributed by atoms with Crippen LogP contribution in [0.2, 0.25) is 0 Å². The first-order valence-corrected chi connectivity index (χ1v) is 8.96. The molecule has 1 aromatic heterocycles. The van der Waals surface area contributed by atoms with Crippen molar-refractivity contribution in [3.8, 4) is 0 Å². The Morgan fingerprint density at radius 3 is 2.92 bits per heavy atom. The van der Waals surface area contributed by atoms with E-state index in [9.17, 15) is 19.2 Å². The molecule has 0 aromatic carbocycles. The van der Waals surface area contributed by atoms with Gasteiger partial charge < -0.3 is 15.6 Å². The summed E-state index contributed by atoms with van der Waals surface area (Å²) in [4.78, 5) is 46.9. The van der Waals surface area contributed by atoms with Crippen molar-refractivity contribution in [3.05, 3.63) is 32.2 Å². The Labute approximate surface area is 148 Å². The molecular weight excluding hydrogens is 374 g/mol. The molecule has 0 aliphatic carbocycles. The third-order valence-electron chi connectivity index (χ3n) is 3.63. The van der Waals surface area contributed by atoms with E-state index < -0.39 is 29.2 Å². The Hall–Kier alpha value is -2.25. The molecule has 3 heterocycles. The zero-order valence-electron chi connectivity index (χ0n) is 12.8. The number of aromatic nitrogens is 3. The first-order valence-electron chi connectivity index (χ1n) is 6.93. The molecule has 1 fully saturated rings. The summed E-state index contributed by atoms with van der Waals surface area (Å²) in [6.45, 7) is 0. The van der Waals surface area contributed by atoms with Crippen LogP contribution in [0.15, 0.2) is 26.2 Å². The minimum Gasteiger partial charge on any atom is -0.449 e. The zero-order chi connectivity index (χ0) is 18.3. The van der Waals surface area contributed by atoms with Crippen LogP contribution in [0.1, 0.15) is 0 Å². The number of nitrogens with zero attached hydrogens (tertiary/aromatic N) is 3. The van der Waals surface area contributed by atoms with E-state index in [2.05, 4.69) is 10.2 Å². The molecule has 134 valence electrons. The molecule has 4 N–H and O–H groups in total. The van der Waals surface area contributed by atoms with E-state index in [4.69, 9.17) is 15.6 Å². The fraction of sp³-hybridized carbons (Fsp3) is 0.417. The van der Waals surface area contributed by atoms with Gasteiger partial charge in [0, 0.05) is 24.1 Å². The van der Waals surface area contributed by atoms with Gasteiger partial charge in [0.2, 0.25) is 11.8 Å². The number of amides is 1. The molecule has 1 amide bonds. The van der Waals surface area contributed by atoms with Crippen LogP contribution in [0.25, 0.3) is 0 Å². The number of hydrogen-bond donors (Lipinski definition) is 3. The molecule has 2 aliphatic rings. The smallest absolute Gasteiger partial charge is 0.449 e. The van der Waals surface area contributed by atoms with E-state index in [0.717, 1.165) is 16.3 Å². The lowest BCUT2D eigenvalue weighted by Gasteiger charge is -2.47. The van der Waals surface area contributed by atoms with Crippen LogP contribution in [0, 0.1) is 0 Å². The van der Waals surface area contributed by atoms with Crippen LogP contribution in [0.5, 0.6) is 0 Å². The van der Waals surface area contributed by atoms with Gasteiger partial charge in [-0.2, -0.15) is 0 Å². The van der Waals surface area contributed by atoms with Crippen LogP contribution in [0.3, 0.4) is 0 Å². The molecule has 2 aliphatic heterocycles. The molecule has 25 heavy (non-hydrogen) atoms. The number of hydrogen-bond acceptors (Lipinski definition) is 9. The Balaban J connectivity index is 1.86. The third-order valence-corrected chi connectivity index (χ3v) is 6.11. The zero-order valence-corrected chi connectivity index (χ0v) is 14.4. The monoisotopic (exact) mass is 387 g/mol. The number of ether oxygens (including phenoxy) is 1. The Morgan fingerprint density at radius 1 is 1.52 bits per heavy atom. The number of thioether (sulfide) groups is 2. The van der Waals surface area contributed by atoms with Crippen molar-refractivity contribution in [2.45, 2.75) is 16.6 Å². The fourth-order valence-corrected chi connectivity index (χ4v) is 4.66. The molecule has 1 saturated heterocycles. The van der Waals surface area contributed by atoms with Gasteiger partial charge in [-0.1, -0.05) is 11.8 Å². The van der Waals surface area contributed by atoms with Gasteiger partial charge >= 0.3 is 17.3 Å². The van der Waals surface area contributed by atoms with E-state index in [1.165, 1.54) is 23.7 Å². The van der Waals surface area contributed by atoms with Crippen LogP contribution in [-0.4, -0.2) is 59.8 Å². The van der Waals surface area contributed by atoms with Gasteiger partial charge in [0.15, 0.2) is 5.16 Å². The predicted molar refractivity (Wildman–Crippen MR) is 88.0 cm³/mol. The maximum absolute atomic E-state index is 11.9. The normalized spacial score (nSPS) is 22.5. The van der Waals surface area contributed by atoms with Gasteiger partial charge in [0.25, 0.3) is 0 Å². The number of carbonyl (C=O) groups excluding carboxylic acids is 1. The van der Waals surface area contributed by atoms with Crippen molar-refractivity contribution in [1.82, 2.24) is 19.7 Å². The number of fused-ring (bicyclic) bond motifs is 1. The Morgan fingerprint density at radius 2 is 2.24 bits per heavy atom. The highest BCUT2D eigenvalue weighted by Crippen LogP contribution is 2.40. The highest BCUT2D eigenvalue weighted by Gasteiger charge is 2.51. The van der Waals surface area contributed by atoms with Gasteiger partial charge in [-0.15, -0.1) is 16.9 Å². The first-order chi connectivity index (χ1) is 11.8. The Kier molecular flexibility index (Phi) is 4.62. The summed E-state index contributed by atoms with van der Waals surface area (Å²) in [6.07, 6.45) is -1.54. The number of β-lactam (4-membered cyclic amide) rings is 1. The van der Waals surface area contributed by atoms with Gasteiger partial charge in [-0.3, -0.25) is 23.9 Å². The summed E-state index contributed by atoms with van der Waals surface area (Å²) in [6, 6.07) is -0.687. The minimum absolute atomic E-state index is 0.0510. The number of carboxylic acid groups (broad SMARTS) is 1. The molecule has 2 atom stereocenters. The molecule has 0 radical (unpaired) electrons. The highest BCUT2D eigenvalue weighted by molar-refractivity contribution is 8.01. The highest BCUT2D eigenvalue weighted by atomic mass is 32.2. The maximum atomic E-state index is 11.9. The number of rotatable bonds is 4. The van der Waals surface area contributed by atoms with Gasteiger partial charge in [-0.05, 0) is 0 Å². The first kappa shape index (κ1) is 17.6. The van der Waals surface area contributed by atoms with Gasteiger partial charge in [0.1, 0.15) is 11.4 Å². The second kappa shape index (κ2) is 6.57. The third kappa shape index (κ3) is 3.05. The van der Waals surface area contributed by atoms with E-state index >= 15 is 0 Å². The number of aromatic amines is 1. The summed E-state index contributed by atoms with van der Waals surface area (Å²) in [5.74, 6) is 0.165. The second-order valence-corrected chi connectivity index (χ2v) is 7.25. The molecule has 0 bridgehead atoms. The van der Waals surface area contributed by atoms with Crippen molar-refractivity contribution in [1.29, 1.82) is 0 Å². The molecule has 1 unspecified atom stereocenters. The standard InChI is InChI=1S/C12H13N5O6S2/c1-16-8(20)6(18)14-15-11(16)25-3-4-2-24-10-5(13)7(19)17(10)9(4)23-12(21)22/h5,10H,2-3,13H2,1H3,(H,14,18)(H,21,22)/t5?,10-/m0/s1. The van der Waals surface area contributed by atoms with E-state index in [-0.39, 0.29) is 22.2 Å². The maximum Gasteiger partial charge on any atom is 0.512 e. The fourth-order valence-electron chi connectivity index (χ4n) is 2.35. The molecular formula is C12H13N5O6S2. The van der Waals surface area contributed by atoms with Crippen molar-refractivity contribution in [3.63, 3.8) is 0 Å². The molecule has 0 spiro atoms. The Bertz CT molecular complexity index is 893. The van der Waals surface area contributed by atoms with Crippen molar-refractivity contribution in [2.75, 3.05) is 11.5 Å². The summed E-state index contributed by atoms with van der Waals surface area (Å²) in [5.41, 5.74) is 4.67. The molecule has 11 nitrogen and oxygen atoms in total. The van der Waals surface area contributed by atoms with E-state index in [1.807, 2.05) is 0 Å². The number of carbonyl (C=O) groups is 2. The number of nitrogens with one attached hydrogen (secondary N) is 1. The number of nitrogens with two attached hydrogens (primary N) is 1. The quantitative estimate of drug-likeness (QED) is 0.245.